The third kappa shape index (κ3) is 1.48. The number of nitrogens with zero attached hydrogens (tertiary/aromatic N) is 1. The molecule has 1 aliphatic heterocycles. The Bertz CT molecular complexity index is 529. The predicted molar refractivity (Wildman–Crippen MR) is 67.5 cm³/mol. The van der Waals surface area contributed by atoms with Crippen LogP contribution in [0.1, 0.15) is 25.7 Å². The molecule has 2 heterocycles. The summed E-state index contributed by atoms with van der Waals surface area (Å²) >= 11 is 1.93. The Kier molecular flexibility index (Phi) is 2.14. The highest BCUT2D eigenvalue weighted by Gasteiger charge is 2.36. The van der Waals surface area contributed by atoms with E-state index in [4.69, 9.17) is 10.2 Å². The van der Waals surface area contributed by atoms with Gasteiger partial charge in [-0.3, -0.25) is 0 Å². The van der Waals surface area contributed by atoms with Gasteiger partial charge in [-0.05, 0) is 37.7 Å². The standard InChI is InChI=1S/C12H14N2OS/c1-12(5-2-6-16-12)11-14-9-4-3-8(13)7-10(9)15-11/h3-4,7H,2,5-6,13H2,1H3. The van der Waals surface area contributed by atoms with E-state index in [9.17, 15) is 0 Å². The summed E-state index contributed by atoms with van der Waals surface area (Å²) in [4.78, 5) is 4.56. The molecule has 16 heavy (non-hydrogen) atoms. The van der Waals surface area contributed by atoms with Crippen molar-refractivity contribution >= 4 is 28.5 Å². The second-order valence-corrected chi connectivity index (χ2v) is 6.03. The van der Waals surface area contributed by atoms with Crippen LogP contribution in [0.4, 0.5) is 5.69 Å². The fourth-order valence-corrected chi connectivity index (χ4v) is 3.35. The number of rotatable bonds is 1. The molecule has 1 unspecified atom stereocenters. The van der Waals surface area contributed by atoms with Crippen LogP contribution in [0.5, 0.6) is 0 Å². The van der Waals surface area contributed by atoms with Crippen molar-refractivity contribution in [2.24, 2.45) is 0 Å². The molecule has 2 N–H and O–H groups in total. The fraction of sp³-hybridized carbons (Fsp3) is 0.417. The number of oxazole rings is 1. The van der Waals surface area contributed by atoms with Crippen molar-refractivity contribution in [3.05, 3.63) is 24.1 Å². The van der Waals surface area contributed by atoms with Gasteiger partial charge in [0.1, 0.15) is 5.52 Å². The molecular weight excluding hydrogens is 220 g/mol. The fourth-order valence-electron chi connectivity index (χ4n) is 2.12. The van der Waals surface area contributed by atoms with Gasteiger partial charge in [-0.25, -0.2) is 4.98 Å². The summed E-state index contributed by atoms with van der Waals surface area (Å²) in [6.07, 6.45) is 2.38. The highest BCUT2D eigenvalue weighted by atomic mass is 32.2. The molecule has 84 valence electrons. The first-order valence-electron chi connectivity index (χ1n) is 5.48. The van der Waals surface area contributed by atoms with Crippen LogP contribution in [0.25, 0.3) is 11.1 Å². The molecule has 0 amide bonds. The second kappa shape index (κ2) is 3.42. The molecule has 1 aliphatic rings. The molecule has 1 aromatic heterocycles. The predicted octanol–water partition coefficient (Wildman–Crippen LogP) is 3.15. The number of thioether (sulfide) groups is 1. The van der Waals surface area contributed by atoms with Crippen LogP contribution in [0.15, 0.2) is 22.6 Å². The molecule has 1 aromatic carbocycles. The van der Waals surface area contributed by atoms with E-state index in [0.717, 1.165) is 29.1 Å². The minimum absolute atomic E-state index is 0.0494. The largest absolute Gasteiger partial charge is 0.439 e. The summed E-state index contributed by atoms with van der Waals surface area (Å²) in [6.45, 7) is 2.21. The lowest BCUT2D eigenvalue weighted by Crippen LogP contribution is -2.12. The van der Waals surface area contributed by atoms with Gasteiger partial charge in [0, 0.05) is 11.8 Å². The Morgan fingerprint density at radius 1 is 1.50 bits per heavy atom. The van der Waals surface area contributed by atoms with Gasteiger partial charge in [0.25, 0.3) is 0 Å². The van der Waals surface area contributed by atoms with E-state index >= 15 is 0 Å². The molecule has 1 atom stereocenters. The third-order valence-corrected chi connectivity index (χ3v) is 4.59. The van der Waals surface area contributed by atoms with Gasteiger partial charge < -0.3 is 10.2 Å². The number of hydrogen-bond acceptors (Lipinski definition) is 4. The number of nitrogen functional groups attached to an aromatic ring is 1. The van der Waals surface area contributed by atoms with Crippen molar-refractivity contribution in [2.45, 2.75) is 24.5 Å². The average Bonchev–Trinajstić information content (AvgIpc) is 2.84. The molecule has 3 nitrogen and oxygen atoms in total. The molecule has 0 saturated carbocycles. The Morgan fingerprint density at radius 2 is 2.38 bits per heavy atom. The first-order chi connectivity index (χ1) is 7.67. The lowest BCUT2D eigenvalue weighted by atomic mass is 10.1. The highest BCUT2D eigenvalue weighted by molar-refractivity contribution is 8.00. The molecule has 0 aliphatic carbocycles. The Balaban J connectivity index is 2.11. The van der Waals surface area contributed by atoms with E-state index in [0.29, 0.717) is 0 Å². The molecular formula is C12H14N2OS. The first-order valence-corrected chi connectivity index (χ1v) is 6.46. The number of nitrogens with two attached hydrogens (primary N) is 1. The monoisotopic (exact) mass is 234 g/mol. The third-order valence-electron chi connectivity index (χ3n) is 3.08. The normalized spacial score (nSPS) is 25.3. The quantitative estimate of drug-likeness (QED) is 0.770. The van der Waals surface area contributed by atoms with Crippen LogP contribution in [0, 0.1) is 0 Å². The van der Waals surface area contributed by atoms with Crippen molar-refractivity contribution in [2.75, 3.05) is 11.5 Å². The number of fused-ring (bicyclic) bond motifs is 1. The van der Waals surface area contributed by atoms with E-state index in [1.165, 1.54) is 12.2 Å². The van der Waals surface area contributed by atoms with Gasteiger partial charge in [-0.2, -0.15) is 0 Å². The highest BCUT2D eigenvalue weighted by Crippen LogP contribution is 2.46. The van der Waals surface area contributed by atoms with Gasteiger partial charge >= 0.3 is 0 Å². The SMILES string of the molecule is CC1(c2nc3ccc(N)cc3o2)CCCS1. The number of hydrogen-bond donors (Lipinski definition) is 1. The lowest BCUT2D eigenvalue weighted by Gasteiger charge is -2.17. The van der Waals surface area contributed by atoms with E-state index < -0.39 is 0 Å². The van der Waals surface area contributed by atoms with Crippen molar-refractivity contribution in [3.63, 3.8) is 0 Å². The zero-order valence-corrected chi connectivity index (χ0v) is 10.0. The first kappa shape index (κ1) is 10.0. The van der Waals surface area contributed by atoms with E-state index in [2.05, 4.69) is 11.9 Å². The average molecular weight is 234 g/mol. The topological polar surface area (TPSA) is 52.0 Å². The van der Waals surface area contributed by atoms with Crippen LogP contribution in [0.3, 0.4) is 0 Å². The minimum Gasteiger partial charge on any atom is -0.439 e. The van der Waals surface area contributed by atoms with Crippen LogP contribution in [0.2, 0.25) is 0 Å². The zero-order valence-electron chi connectivity index (χ0n) is 9.19. The van der Waals surface area contributed by atoms with Crippen molar-refractivity contribution in [1.29, 1.82) is 0 Å². The summed E-state index contributed by atoms with van der Waals surface area (Å²) in [5.74, 6) is 2.03. The minimum atomic E-state index is 0.0494. The number of benzene rings is 1. The van der Waals surface area contributed by atoms with E-state index in [1.54, 1.807) is 0 Å². The Hall–Kier alpha value is -1.16. The van der Waals surface area contributed by atoms with Crippen molar-refractivity contribution in [3.8, 4) is 0 Å². The molecule has 4 heteroatoms. The molecule has 0 bridgehead atoms. The Labute approximate surface area is 98.4 Å². The maximum Gasteiger partial charge on any atom is 0.211 e. The van der Waals surface area contributed by atoms with Crippen molar-refractivity contribution < 1.29 is 4.42 Å². The molecule has 1 fully saturated rings. The van der Waals surface area contributed by atoms with Gasteiger partial charge in [0.15, 0.2) is 5.58 Å². The molecule has 2 aromatic rings. The molecule has 0 radical (unpaired) electrons. The number of aromatic nitrogens is 1. The second-order valence-electron chi connectivity index (χ2n) is 4.43. The smallest absolute Gasteiger partial charge is 0.211 e. The van der Waals surface area contributed by atoms with Crippen molar-refractivity contribution in [1.82, 2.24) is 4.98 Å². The maximum atomic E-state index is 5.82. The van der Waals surface area contributed by atoms with Gasteiger partial charge in [0.2, 0.25) is 5.89 Å². The maximum absolute atomic E-state index is 5.82. The van der Waals surface area contributed by atoms with Crippen LogP contribution in [-0.4, -0.2) is 10.7 Å². The molecule has 1 saturated heterocycles. The van der Waals surface area contributed by atoms with E-state index in [1.807, 2.05) is 30.0 Å². The van der Waals surface area contributed by atoms with Crippen LogP contribution in [-0.2, 0) is 4.75 Å². The number of anilines is 1. The molecule has 0 spiro atoms. The summed E-state index contributed by atoms with van der Waals surface area (Å²) in [5.41, 5.74) is 8.14. The lowest BCUT2D eigenvalue weighted by molar-refractivity contribution is 0.451. The van der Waals surface area contributed by atoms with Gasteiger partial charge in [-0.15, -0.1) is 11.8 Å². The zero-order chi connectivity index (χ0) is 11.2. The van der Waals surface area contributed by atoms with E-state index in [-0.39, 0.29) is 4.75 Å². The Morgan fingerprint density at radius 3 is 3.12 bits per heavy atom. The van der Waals surface area contributed by atoms with Crippen LogP contribution < -0.4 is 5.73 Å². The summed E-state index contributed by atoms with van der Waals surface area (Å²) in [7, 11) is 0. The van der Waals surface area contributed by atoms with Gasteiger partial charge in [0.05, 0.1) is 4.75 Å². The van der Waals surface area contributed by atoms with Crippen LogP contribution >= 0.6 is 11.8 Å². The summed E-state index contributed by atoms with van der Waals surface area (Å²) in [6, 6.07) is 5.62. The molecule has 3 rings (SSSR count). The summed E-state index contributed by atoms with van der Waals surface area (Å²) < 4.78 is 5.87. The summed E-state index contributed by atoms with van der Waals surface area (Å²) in [5, 5.41) is 0. The van der Waals surface area contributed by atoms with Gasteiger partial charge in [-0.1, -0.05) is 0 Å².